The third-order valence-corrected chi connectivity index (χ3v) is 6.58. The molecule has 0 bridgehead atoms. The second-order valence-electron chi connectivity index (χ2n) is 5.17. The molecular formula is C15H17NOS3. The lowest BCUT2D eigenvalue weighted by molar-refractivity contribution is 0.218. The largest absolute Gasteiger partial charge is 0.508 e. The quantitative estimate of drug-likeness (QED) is 0.642. The van der Waals surface area contributed by atoms with Gasteiger partial charge in [-0.3, -0.25) is 4.90 Å². The van der Waals surface area contributed by atoms with Crippen LogP contribution in [0.25, 0.3) is 10.4 Å². The van der Waals surface area contributed by atoms with Crippen LogP contribution in [0.3, 0.4) is 0 Å². The van der Waals surface area contributed by atoms with Crippen molar-refractivity contribution in [1.29, 1.82) is 0 Å². The van der Waals surface area contributed by atoms with E-state index in [0.717, 1.165) is 34.6 Å². The van der Waals surface area contributed by atoms with Crippen molar-refractivity contribution in [2.45, 2.75) is 25.8 Å². The average Bonchev–Trinajstić information content (AvgIpc) is 2.89. The fourth-order valence-corrected chi connectivity index (χ4v) is 4.99. The van der Waals surface area contributed by atoms with E-state index in [9.17, 15) is 5.11 Å². The molecule has 0 spiro atoms. The van der Waals surface area contributed by atoms with E-state index < -0.39 is 0 Å². The van der Waals surface area contributed by atoms with Crippen LogP contribution in [-0.2, 0) is 6.54 Å². The van der Waals surface area contributed by atoms with Crippen LogP contribution in [0.4, 0.5) is 0 Å². The number of phenols is 1. The van der Waals surface area contributed by atoms with Crippen molar-refractivity contribution in [3.8, 4) is 16.2 Å². The van der Waals surface area contributed by atoms with E-state index in [0.29, 0.717) is 5.75 Å². The van der Waals surface area contributed by atoms with Crippen molar-refractivity contribution in [3.63, 3.8) is 0 Å². The first-order chi connectivity index (χ1) is 9.72. The Morgan fingerprint density at radius 1 is 1.10 bits per heavy atom. The molecule has 1 aliphatic heterocycles. The van der Waals surface area contributed by atoms with E-state index in [1.807, 2.05) is 18.2 Å². The van der Waals surface area contributed by atoms with Crippen LogP contribution in [0.2, 0.25) is 0 Å². The minimum atomic E-state index is 0.401. The van der Waals surface area contributed by atoms with Crippen LogP contribution in [-0.4, -0.2) is 23.1 Å². The van der Waals surface area contributed by atoms with Crippen molar-refractivity contribution in [3.05, 3.63) is 33.7 Å². The number of benzene rings is 1. The third-order valence-electron chi connectivity index (χ3n) is 3.67. The Bertz CT molecular complexity index is 641. The Hall–Kier alpha value is -0.750. The van der Waals surface area contributed by atoms with Crippen LogP contribution in [0.5, 0.6) is 5.75 Å². The molecule has 3 rings (SSSR count). The standard InChI is InChI=1S/C15H17NOS3/c17-13-5-4-11(14-9-15(18)20-19-14)8-12(13)10-16-6-2-1-3-7-16/h4-5,8-9,17H,1-3,6-7,10H2. The van der Waals surface area contributed by atoms with E-state index in [1.165, 1.54) is 24.1 Å². The molecule has 0 saturated carbocycles. The van der Waals surface area contributed by atoms with Gasteiger partial charge < -0.3 is 5.11 Å². The van der Waals surface area contributed by atoms with Gasteiger partial charge in [0.2, 0.25) is 0 Å². The van der Waals surface area contributed by atoms with Gasteiger partial charge >= 0.3 is 0 Å². The first kappa shape index (κ1) is 14.2. The van der Waals surface area contributed by atoms with Gasteiger partial charge in [-0.25, -0.2) is 0 Å². The minimum absolute atomic E-state index is 0.401. The van der Waals surface area contributed by atoms with Crippen molar-refractivity contribution in [1.82, 2.24) is 4.90 Å². The van der Waals surface area contributed by atoms with Gasteiger partial charge in [-0.05, 0) is 55.8 Å². The smallest absolute Gasteiger partial charge is 0.120 e. The second kappa shape index (κ2) is 6.35. The molecule has 1 N–H and O–H groups in total. The molecule has 0 radical (unpaired) electrons. The zero-order chi connectivity index (χ0) is 13.9. The lowest BCUT2D eigenvalue weighted by Crippen LogP contribution is -2.29. The Balaban J connectivity index is 1.84. The Morgan fingerprint density at radius 2 is 1.90 bits per heavy atom. The van der Waals surface area contributed by atoms with Gasteiger partial charge in [-0.1, -0.05) is 39.3 Å². The molecule has 106 valence electrons. The highest BCUT2D eigenvalue weighted by Gasteiger charge is 2.13. The molecule has 0 unspecified atom stereocenters. The van der Waals surface area contributed by atoms with Gasteiger partial charge in [-0.15, -0.1) is 0 Å². The van der Waals surface area contributed by atoms with E-state index in [-0.39, 0.29) is 0 Å². The maximum atomic E-state index is 10.1. The topological polar surface area (TPSA) is 23.5 Å². The molecule has 2 heterocycles. The van der Waals surface area contributed by atoms with E-state index >= 15 is 0 Å². The van der Waals surface area contributed by atoms with Crippen LogP contribution in [0.15, 0.2) is 24.3 Å². The summed E-state index contributed by atoms with van der Waals surface area (Å²) in [6, 6.07) is 7.93. The summed E-state index contributed by atoms with van der Waals surface area (Å²) in [5.41, 5.74) is 2.18. The Labute approximate surface area is 131 Å². The van der Waals surface area contributed by atoms with Crippen molar-refractivity contribution in [2.24, 2.45) is 0 Å². The number of hydrogen-bond acceptors (Lipinski definition) is 5. The summed E-state index contributed by atoms with van der Waals surface area (Å²) in [4.78, 5) is 3.62. The van der Waals surface area contributed by atoms with Gasteiger partial charge in [-0.2, -0.15) is 0 Å². The Morgan fingerprint density at radius 3 is 2.60 bits per heavy atom. The number of rotatable bonds is 3. The van der Waals surface area contributed by atoms with E-state index in [2.05, 4.69) is 11.0 Å². The monoisotopic (exact) mass is 323 g/mol. The summed E-state index contributed by atoms with van der Waals surface area (Å²) >= 11 is 5.19. The zero-order valence-electron chi connectivity index (χ0n) is 11.2. The number of phenolic OH excluding ortho intramolecular Hbond substituents is 1. The maximum absolute atomic E-state index is 10.1. The number of piperidine rings is 1. The Kier molecular flexibility index (Phi) is 4.51. The molecule has 2 nitrogen and oxygen atoms in total. The molecule has 0 atom stereocenters. The van der Waals surface area contributed by atoms with Crippen LogP contribution < -0.4 is 0 Å². The van der Waals surface area contributed by atoms with Gasteiger partial charge in [0.1, 0.15) is 9.57 Å². The highest BCUT2D eigenvalue weighted by Crippen LogP contribution is 2.32. The van der Waals surface area contributed by atoms with E-state index in [1.54, 1.807) is 20.7 Å². The second-order valence-corrected chi connectivity index (χ2v) is 8.09. The SMILES string of the molecule is Oc1ccc(-c2cc(=S)ss2)cc1CN1CCCCC1. The first-order valence-electron chi connectivity index (χ1n) is 6.87. The number of aromatic hydroxyl groups is 1. The summed E-state index contributed by atoms with van der Waals surface area (Å²) in [5.74, 6) is 0.401. The van der Waals surface area contributed by atoms with E-state index in [4.69, 9.17) is 12.2 Å². The molecule has 20 heavy (non-hydrogen) atoms. The number of nitrogens with zero attached hydrogens (tertiary/aromatic N) is 1. The van der Waals surface area contributed by atoms with Crippen LogP contribution in [0.1, 0.15) is 24.8 Å². The molecule has 1 saturated heterocycles. The summed E-state index contributed by atoms with van der Waals surface area (Å²) < 4.78 is 0.927. The summed E-state index contributed by atoms with van der Waals surface area (Å²) in [6.07, 6.45) is 3.87. The molecule has 2 aromatic rings. The fourth-order valence-electron chi connectivity index (χ4n) is 2.60. The molecule has 0 amide bonds. The average molecular weight is 324 g/mol. The number of hydrogen-bond donors (Lipinski definition) is 1. The normalized spacial score (nSPS) is 16.4. The van der Waals surface area contributed by atoms with Crippen molar-refractivity contribution in [2.75, 3.05) is 13.1 Å². The van der Waals surface area contributed by atoms with Gasteiger partial charge in [0, 0.05) is 17.0 Å². The molecule has 1 aromatic heterocycles. The highest BCUT2D eigenvalue weighted by molar-refractivity contribution is 7.80. The molecule has 5 heteroatoms. The maximum Gasteiger partial charge on any atom is 0.120 e. The van der Waals surface area contributed by atoms with Crippen molar-refractivity contribution >= 4 is 32.9 Å². The minimum Gasteiger partial charge on any atom is -0.508 e. The summed E-state index contributed by atoms with van der Waals surface area (Å²) in [6.45, 7) is 3.12. The molecule has 1 fully saturated rings. The molecule has 1 aromatic carbocycles. The fraction of sp³-hybridized carbons (Fsp3) is 0.400. The third kappa shape index (κ3) is 3.28. The molecular weight excluding hydrogens is 306 g/mol. The van der Waals surface area contributed by atoms with Crippen LogP contribution in [0, 0.1) is 3.82 Å². The van der Waals surface area contributed by atoms with Crippen LogP contribution >= 0.6 is 32.9 Å². The number of likely N-dealkylation sites (tertiary alicyclic amines) is 1. The highest BCUT2D eigenvalue weighted by atomic mass is 32.9. The van der Waals surface area contributed by atoms with Gasteiger partial charge in [0.15, 0.2) is 0 Å². The predicted molar refractivity (Wildman–Crippen MR) is 89.3 cm³/mol. The lowest BCUT2D eigenvalue weighted by Gasteiger charge is -2.26. The summed E-state index contributed by atoms with van der Waals surface area (Å²) in [7, 11) is 3.33. The van der Waals surface area contributed by atoms with Gasteiger partial charge in [0.05, 0.1) is 0 Å². The van der Waals surface area contributed by atoms with Crippen molar-refractivity contribution < 1.29 is 5.11 Å². The molecule has 0 aliphatic carbocycles. The summed E-state index contributed by atoms with van der Waals surface area (Å²) in [5, 5.41) is 10.1. The first-order valence-corrected chi connectivity index (χ1v) is 9.43. The lowest BCUT2D eigenvalue weighted by atomic mass is 10.1. The molecule has 1 aliphatic rings. The predicted octanol–water partition coefficient (Wildman–Crippen LogP) is 4.90. The zero-order valence-corrected chi connectivity index (χ0v) is 13.6. The van der Waals surface area contributed by atoms with Gasteiger partial charge in [0.25, 0.3) is 0 Å².